The summed E-state index contributed by atoms with van der Waals surface area (Å²) < 4.78 is 5.68. The quantitative estimate of drug-likeness (QED) is 0.819. The van der Waals surface area contributed by atoms with Crippen LogP contribution < -0.4 is 15.8 Å². The Balaban J connectivity index is 1.75. The molecule has 4 heteroatoms. The van der Waals surface area contributed by atoms with Crippen molar-refractivity contribution in [3.63, 3.8) is 0 Å². The van der Waals surface area contributed by atoms with Crippen LogP contribution in [0.15, 0.2) is 18.2 Å². The van der Waals surface area contributed by atoms with Gasteiger partial charge in [0.05, 0.1) is 12.1 Å². The molecule has 2 rings (SSSR count). The van der Waals surface area contributed by atoms with Gasteiger partial charge in [0.25, 0.3) is 0 Å². The lowest BCUT2D eigenvalue weighted by Crippen LogP contribution is -2.55. The van der Waals surface area contributed by atoms with E-state index in [1.165, 1.54) is 17.5 Å². The second-order valence-corrected chi connectivity index (χ2v) is 6.14. The van der Waals surface area contributed by atoms with Crippen LogP contribution in [-0.4, -0.2) is 24.6 Å². The lowest BCUT2D eigenvalue weighted by atomic mass is 9.82. The predicted octanol–water partition coefficient (Wildman–Crippen LogP) is 2.46. The molecule has 0 atom stereocenters. The molecule has 0 spiro atoms. The second kappa shape index (κ2) is 6.94. The molecular formula is C17H26N2O2. The molecule has 116 valence electrons. The summed E-state index contributed by atoms with van der Waals surface area (Å²) in [6, 6.07) is 6.11. The molecule has 0 unspecified atom stereocenters. The Morgan fingerprint density at radius 2 is 1.81 bits per heavy atom. The summed E-state index contributed by atoms with van der Waals surface area (Å²) in [5.41, 5.74) is 7.87. The number of carbonyl (C=O) groups excluding carboxylic acids is 1. The van der Waals surface area contributed by atoms with Crippen molar-refractivity contribution in [3.05, 3.63) is 29.3 Å². The fraction of sp³-hybridized carbons (Fsp3) is 0.588. The van der Waals surface area contributed by atoms with Crippen LogP contribution in [0.25, 0.3) is 0 Å². The van der Waals surface area contributed by atoms with E-state index in [2.05, 4.69) is 11.4 Å². The number of benzene rings is 1. The molecule has 0 saturated heterocycles. The van der Waals surface area contributed by atoms with Crippen LogP contribution in [0.2, 0.25) is 0 Å². The van der Waals surface area contributed by atoms with Crippen molar-refractivity contribution in [1.29, 1.82) is 0 Å². The Hall–Kier alpha value is -1.55. The summed E-state index contributed by atoms with van der Waals surface area (Å²) in [6.07, 6.45) is 4.85. The zero-order chi connectivity index (χ0) is 15.3. The van der Waals surface area contributed by atoms with Gasteiger partial charge in [0.2, 0.25) is 5.91 Å². The highest BCUT2D eigenvalue weighted by molar-refractivity contribution is 5.86. The minimum absolute atomic E-state index is 0.0359. The normalized spacial score (nSPS) is 17.3. The van der Waals surface area contributed by atoms with Gasteiger partial charge in [0.15, 0.2) is 0 Å². The fourth-order valence-electron chi connectivity index (χ4n) is 2.94. The predicted molar refractivity (Wildman–Crippen MR) is 84.4 cm³/mol. The molecule has 1 aromatic rings. The fourth-order valence-corrected chi connectivity index (χ4v) is 2.94. The van der Waals surface area contributed by atoms with Crippen LogP contribution in [0, 0.1) is 13.8 Å². The smallest absolute Gasteiger partial charge is 0.240 e. The zero-order valence-electron chi connectivity index (χ0n) is 13.1. The maximum absolute atomic E-state index is 12.1. The third kappa shape index (κ3) is 4.46. The van der Waals surface area contributed by atoms with Gasteiger partial charge in [-0.2, -0.15) is 0 Å². The van der Waals surface area contributed by atoms with Gasteiger partial charge in [-0.1, -0.05) is 25.3 Å². The molecule has 1 aromatic carbocycles. The first-order valence-corrected chi connectivity index (χ1v) is 7.78. The van der Waals surface area contributed by atoms with Gasteiger partial charge in [0, 0.05) is 0 Å². The molecule has 0 bridgehead atoms. The summed E-state index contributed by atoms with van der Waals surface area (Å²) in [5.74, 6) is 0.813. The Morgan fingerprint density at radius 1 is 1.19 bits per heavy atom. The molecule has 0 heterocycles. The number of aryl methyl sites for hydroxylation is 2. The number of nitrogens with one attached hydrogen (secondary N) is 1. The molecule has 1 aliphatic rings. The third-order valence-corrected chi connectivity index (χ3v) is 4.05. The molecule has 1 amide bonds. The summed E-state index contributed by atoms with van der Waals surface area (Å²) in [7, 11) is 0. The van der Waals surface area contributed by atoms with E-state index in [0.29, 0.717) is 13.2 Å². The Labute approximate surface area is 127 Å². The lowest BCUT2D eigenvalue weighted by molar-refractivity contribution is -0.127. The van der Waals surface area contributed by atoms with E-state index in [4.69, 9.17) is 10.5 Å². The minimum atomic E-state index is -0.668. The van der Waals surface area contributed by atoms with Crippen molar-refractivity contribution >= 4 is 5.91 Å². The largest absolute Gasteiger partial charge is 0.492 e. The zero-order valence-corrected chi connectivity index (χ0v) is 13.1. The average molecular weight is 290 g/mol. The molecule has 1 fully saturated rings. The highest BCUT2D eigenvalue weighted by atomic mass is 16.5. The molecule has 1 saturated carbocycles. The van der Waals surface area contributed by atoms with Gasteiger partial charge >= 0.3 is 0 Å². The van der Waals surface area contributed by atoms with Gasteiger partial charge in [0.1, 0.15) is 12.4 Å². The molecule has 21 heavy (non-hydrogen) atoms. The van der Waals surface area contributed by atoms with Crippen LogP contribution in [0.4, 0.5) is 0 Å². The monoisotopic (exact) mass is 290 g/mol. The maximum atomic E-state index is 12.1. The molecule has 0 aromatic heterocycles. The maximum Gasteiger partial charge on any atom is 0.240 e. The van der Waals surface area contributed by atoms with Gasteiger partial charge in [-0.05, 0) is 49.9 Å². The number of hydrogen-bond donors (Lipinski definition) is 2. The van der Waals surface area contributed by atoms with Gasteiger partial charge in [-0.25, -0.2) is 0 Å². The Bertz CT molecular complexity index is 473. The highest BCUT2D eigenvalue weighted by Crippen LogP contribution is 2.25. The van der Waals surface area contributed by atoms with Crippen molar-refractivity contribution in [1.82, 2.24) is 5.32 Å². The van der Waals surface area contributed by atoms with Crippen LogP contribution in [0.5, 0.6) is 5.75 Å². The van der Waals surface area contributed by atoms with E-state index < -0.39 is 5.54 Å². The molecular weight excluding hydrogens is 264 g/mol. The third-order valence-electron chi connectivity index (χ3n) is 4.05. The lowest BCUT2D eigenvalue weighted by Gasteiger charge is -2.31. The SMILES string of the molecule is Cc1cc(C)cc(OCCNC(=O)C2(N)CCCCC2)c1. The van der Waals surface area contributed by atoms with E-state index in [1.54, 1.807) is 0 Å². The van der Waals surface area contributed by atoms with E-state index in [0.717, 1.165) is 31.4 Å². The van der Waals surface area contributed by atoms with Crippen molar-refractivity contribution in [3.8, 4) is 5.75 Å². The van der Waals surface area contributed by atoms with Crippen LogP contribution in [0.1, 0.15) is 43.2 Å². The van der Waals surface area contributed by atoms with Crippen molar-refractivity contribution < 1.29 is 9.53 Å². The van der Waals surface area contributed by atoms with E-state index >= 15 is 0 Å². The van der Waals surface area contributed by atoms with Crippen molar-refractivity contribution in [2.75, 3.05) is 13.2 Å². The number of carbonyl (C=O) groups is 1. The van der Waals surface area contributed by atoms with Crippen molar-refractivity contribution in [2.24, 2.45) is 5.73 Å². The van der Waals surface area contributed by atoms with Gasteiger partial charge in [-0.15, -0.1) is 0 Å². The second-order valence-electron chi connectivity index (χ2n) is 6.14. The Kier molecular flexibility index (Phi) is 5.23. The average Bonchev–Trinajstić information content (AvgIpc) is 2.43. The number of nitrogens with two attached hydrogens (primary N) is 1. The van der Waals surface area contributed by atoms with Crippen LogP contribution in [0.3, 0.4) is 0 Å². The van der Waals surface area contributed by atoms with E-state index in [1.807, 2.05) is 26.0 Å². The summed E-state index contributed by atoms with van der Waals surface area (Å²) in [4.78, 5) is 12.1. The number of ether oxygens (including phenoxy) is 1. The van der Waals surface area contributed by atoms with Crippen LogP contribution in [-0.2, 0) is 4.79 Å². The minimum Gasteiger partial charge on any atom is -0.492 e. The number of rotatable bonds is 5. The van der Waals surface area contributed by atoms with Gasteiger partial charge in [-0.3, -0.25) is 4.79 Å². The van der Waals surface area contributed by atoms with E-state index in [9.17, 15) is 4.79 Å². The summed E-state index contributed by atoms with van der Waals surface area (Å²) in [6.45, 7) is 5.04. The van der Waals surface area contributed by atoms with Crippen LogP contribution >= 0.6 is 0 Å². The topological polar surface area (TPSA) is 64.3 Å². The molecule has 4 nitrogen and oxygen atoms in total. The first-order valence-electron chi connectivity index (χ1n) is 7.78. The molecule has 0 aliphatic heterocycles. The molecule has 1 aliphatic carbocycles. The number of hydrogen-bond acceptors (Lipinski definition) is 3. The number of amides is 1. The standard InChI is InChI=1S/C17H26N2O2/c1-13-10-14(2)12-15(11-13)21-9-8-19-16(20)17(18)6-4-3-5-7-17/h10-12H,3-9,18H2,1-2H3,(H,19,20). The van der Waals surface area contributed by atoms with Crippen molar-refractivity contribution in [2.45, 2.75) is 51.5 Å². The molecule has 3 N–H and O–H groups in total. The summed E-state index contributed by atoms with van der Waals surface area (Å²) in [5, 5.41) is 2.90. The molecule has 0 radical (unpaired) electrons. The summed E-state index contributed by atoms with van der Waals surface area (Å²) >= 11 is 0. The van der Waals surface area contributed by atoms with Gasteiger partial charge < -0.3 is 15.8 Å². The van der Waals surface area contributed by atoms with E-state index in [-0.39, 0.29) is 5.91 Å². The Morgan fingerprint density at radius 3 is 2.43 bits per heavy atom. The first kappa shape index (κ1) is 15.8. The first-order chi connectivity index (χ1) is 9.99. The highest BCUT2D eigenvalue weighted by Gasteiger charge is 2.34.